The predicted octanol–water partition coefficient (Wildman–Crippen LogP) is 5.75. The zero-order valence-electron chi connectivity index (χ0n) is 27.0. The fourth-order valence-electron chi connectivity index (χ4n) is 6.34. The molecule has 1 fully saturated rings. The molecule has 3 heterocycles. The molecule has 0 aliphatic carbocycles. The molecule has 2 N–H and O–H groups in total. The number of amides is 1. The summed E-state index contributed by atoms with van der Waals surface area (Å²) in [5.41, 5.74) is 2.90. The third kappa shape index (κ3) is 6.11. The maximum Gasteiger partial charge on any atom is 0.256 e. The Kier molecular flexibility index (Phi) is 9.03. The summed E-state index contributed by atoms with van der Waals surface area (Å²) in [7, 11) is 3.26. The number of aromatic nitrogens is 4. The van der Waals surface area contributed by atoms with Gasteiger partial charge in [0.1, 0.15) is 35.8 Å². The summed E-state index contributed by atoms with van der Waals surface area (Å²) in [5.74, 6) is 1.40. The maximum absolute atomic E-state index is 12.9. The van der Waals surface area contributed by atoms with Gasteiger partial charge in [0.05, 0.1) is 33.3 Å². The van der Waals surface area contributed by atoms with Gasteiger partial charge in [-0.3, -0.25) is 9.36 Å². The average Bonchev–Trinajstić information content (AvgIpc) is 3.79. The van der Waals surface area contributed by atoms with E-state index in [4.69, 9.17) is 18.9 Å². The molecule has 7 rings (SSSR count). The molecule has 4 aromatic carbocycles. The van der Waals surface area contributed by atoms with E-state index in [2.05, 4.69) is 20.3 Å². The van der Waals surface area contributed by atoms with Gasteiger partial charge in [0.15, 0.2) is 17.0 Å². The molecule has 1 saturated heterocycles. The van der Waals surface area contributed by atoms with Crippen LogP contribution < -0.4 is 14.8 Å². The van der Waals surface area contributed by atoms with Gasteiger partial charge in [-0.25, -0.2) is 15.0 Å². The average molecular weight is 658 g/mol. The van der Waals surface area contributed by atoms with Gasteiger partial charge in [-0.05, 0) is 53.1 Å². The Bertz CT molecular complexity index is 1970. The molecule has 2 aromatic heterocycles. The van der Waals surface area contributed by atoms with Crippen LogP contribution in [0.3, 0.4) is 0 Å². The van der Waals surface area contributed by atoms with E-state index in [1.165, 1.54) is 6.33 Å². The molecule has 1 amide bonds. The van der Waals surface area contributed by atoms with Crippen LogP contribution in [0.4, 0.5) is 5.82 Å². The molecule has 3 atom stereocenters. The number of carbonyl (C=O) groups excluding carboxylic acids is 1. The van der Waals surface area contributed by atoms with Crippen LogP contribution >= 0.6 is 0 Å². The molecular formula is C38H35N5O6. The van der Waals surface area contributed by atoms with Crippen LogP contribution in [0.15, 0.2) is 122 Å². The summed E-state index contributed by atoms with van der Waals surface area (Å²) >= 11 is 0. The summed E-state index contributed by atoms with van der Waals surface area (Å²) in [4.78, 5) is 26.2. The number of benzene rings is 4. The highest BCUT2D eigenvalue weighted by molar-refractivity contribution is 6.06. The second-order valence-electron chi connectivity index (χ2n) is 11.6. The number of aliphatic hydroxyl groups is 1. The van der Waals surface area contributed by atoms with Gasteiger partial charge < -0.3 is 29.4 Å². The first-order valence-electron chi connectivity index (χ1n) is 15.9. The second kappa shape index (κ2) is 13.9. The highest BCUT2D eigenvalue weighted by atomic mass is 16.6. The molecule has 0 bridgehead atoms. The minimum absolute atomic E-state index is 0.280. The van der Waals surface area contributed by atoms with Crippen LogP contribution in [-0.2, 0) is 15.1 Å². The minimum atomic E-state index is -1.11. The molecule has 11 heteroatoms. The summed E-state index contributed by atoms with van der Waals surface area (Å²) < 4.78 is 26.5. The lowest BCUT2D eigenvalue weighted by molar-refractivity contribution is -0.0988. The van der Waals surface area contributed by atoms with E-state index in [-0.39, 0.29) is 18.3 Å². The summed E-state index contributed by atoms with van der Waals surface area (Å²) in [6.07, 6.45) is 1.52. The lowest BCUT2D eigenvalue weighted by atomic mass is 9.79. The third-order valence-electron chi connectivity index (χ3n) is 8.80. The highest BCUT2D eigenvalue weighted by Gasteiger charge is 2.46. The molecule has 6 aromatic rings. The number of anilines is 1. The zero-order valence-corrected chi connectivity index (χ0v) is 27.0. The topological polar surface area (TPSA) is 130 Å². The first-order valence-corrected chi connectivity index (χ1v) is 15.9. The molecule has 0 spiro atoms. The molecule has 248 valence electrons. The van der Waals surface area contributed by atoms with E-state index >= 15 is 0 Å². The number of fused-ring (bicyclic) bond motifs is 1. The molecule has 11 nitrogen and oxygen atoms in total. The summed E-state index contributed by atoms with van der Waals surface area (Å²) in [6.45, 7) is -0.280. The number of carbonyl (C=O) groups is 1. The fraction of sp³-hybridized carbons (Fsp3) is 0.211. The molecular weight excluding hydrogens is 622 g/mol. The van der Waals surface area contributed by atoms with Crippen molar-refractivity contribution in [1.82, 2.24) is 19.5 Å². The van der Waals surface area contributed by atoms with Crippen molar-refractivity contribution in [3.63, 3.8) is 0 Å². The van der Waals surface area contributed by atoms with Crippen molar-refractivity contribution in [2.45, 2.75) is 30.5 Å². The number of imidazole rings is 1. The summed E-state index contributed by atoms with van der Waals surface area (Å²) in [6, 6.07) is 34.4. The largest absolute Gasteiger partial charge is 0.497 e. The van der Waals surface area contributed by atoms with Crippen molar-refractivity contribution in [3.05, 3.63) is 144 Å². The third-order valence-corrected chi connectivity index (χ3v) is 8.80. The van der Waals surface area contributed by atoms with Crippen molar-refractivity contribution in [2.24, 2.45) is 0 Å². The van der Waals surface area contributed by atoms with E-state index in [1.54, 1.807) is 49.4 Å². The number of ether oxygens (including phenoxy) is 4. The van der Waals surface area contributed by atoms with E-state index in [0.717, 1.165) is 16.7 Å². The van der Waals surface area contributed by atoms with Crippen molar-refractivity contribution < 1.29 is 28.8 Å². The molecule has 0 radical (unpaired) electrons. The van der Waals surface area contributed by atoms with Crippen LogP contribution in [0.25, 0.3) is 11.2 Å². The van der Waals surface area contributed by atoms with Gasteiger partial charge >= 0.3 is 0 Å². The molecule has 3 unspecified atom stereocenters. The monoisotopic (exact) mass is 657 g/mol. The molecule has 1 aliphatic rings. The second-order valence-corrected chi connectivity index (χ2v) is 11.6. The number of methoxy groups -OCH3 is 2. The van der Waals surface area contributed by atoms with Crippen LogP contribution in [-0.4, -0.2) is 63.6 Å². The smallest absolute Gasteiger partial charge is 0.256 e. The molecule has 0 saturated carbocycles. The van der Waals surface area contributed by atoms with Gasteiger partial charge in [0, 0.05) is 12.0 Å². The van der Waals surface area contributed by atoms with Gasteiger partial charge in [0.2, 0.25) is 0 Å². The van der Waals surface area contributed by atoms with Gasteiger partial charge in [-0.1, -0.05) is 72.8 Å². The lowest BCUT2D eigenvalue weighted by Gasteiger charge is -2.39. The minimum Gasteiger partial charge on any atom is -0.497 e. The number of aliphatic hydroxyl groups excluding tert-OH is 1. The Morgan fingerprint density at radius 1 is 0.837 bits per heavy atom. The van der Waals surface area contributed by atoms with Crippen LogP contribution in [0.2, 0.25) is 0 Å². The fourth-order valence-corrected chi connectivity index (χ4v) is 6.34. The van der Waals surface area contributed by atoms with E-state index in [9.17, 15) is 9.90 Å². The first kappa shape index (κ1) is 32.0. The highest BCUT2D eigenvalue weighted by Crippen LogP contribution is 2.46. The van der Waals surface area contributed by atoms with E-state index in [1.807, 2.05) is 84.9 Å². The van der Waals surface area contributed by atoms with Crippen LogP contribution in [0.1, 0.15) is 39.7 Å². The molecule has 1 aliphatic heterocycles. The van der Waals surface area contributed by atoms with Crippen molar-refractivity contribution >= 4 is 22.9 Å². The Hall–Kier alpha value is -5.62. The van der Waals surface area contributed by atoms with Gasteiger partial charge in [0.25, 0.3) is 5.91 Å². The van der Waals surface area contributed by atoms with E-state index in [0.29, 0.717) is 34.6 Å². The van der Waals surface area contributed by atoms with Gasteiger partial charge in [-0.15, -0.1) is 0 Å². The molecule has 49 heavy (non-hydrogen) atoms. The standard InChI is InChI=1S/C38H35N5O6/c1-46-29-17-13-27(14-18-29)38(26-11-7-4-8-12-26,28-15-19-30(47-2)20-16-28)49-31-21-33(48-32(31)22-44)43-24-41-34-35(39-23-40-36(34)43)42-37(45)25-9-5-3-6-10-25/h3-20,23-24,31-33,44H,21-22H2,1-2H3,(H,39,40,42,45). The van der Waals surface area contributed by atoms with Crippen molar-refractivity contribution in [3.8, 4) is 11.5 Å². The SMILES string of the molecule is COc1ccc(C(OC2CC(n3cnc4c(NC(=O)c5ccccc5)ncnc43)OC2CO)(c2ccccc2)c2ccc(OC)cc2)cc1. The van der Waals surface area contributed by atoms with Crippen molar-refractivity contribution in [1.29, 1.82) is 0 Å². The first-order chi connectivity index (χ1) is 24.0. The predicted molar refractivity (Wildman–Crippen MR) is 183 cm³/mol. The zero-order chi connectivity index (χ0) is 33.8. The quantitative estimate of drug-likeness (QED) is 0.167. The number of rotatable bonds is 11. The van der Waals surface area contributed by atoms with Crippen LogP contribution in [0, 0.1) is 0 Å². The normalized spacial score (nSPS) is 17.6. The van der Waals surface area contributed by atoms with E-state index < -0.39 is 24.0 Å². The number of nitrogens with zero attached hydrogens (tertiary/aromatic N) is 4. The Balaban J connectivity index is 1.26. The Labute approximate surface area is 283 Å². The van der Waals surface area contributed by atoms with Gasteiger partial charge in [-0.2, -0.15) is 0 Å². The number of nitrogens with one attached hydrogen (secondary N) is 1. The Morgan fingerprint density at radius 3 is 2.02 bits per heavy atom. The maximum atomic E-state index is 12.9. The lowest BCUT2D eigenvalue weighted by Crippen LogP contribution is -2.40. The number of hydrogen-bond donors (Lipinski definition) is 2. The van der Waals surface area contributed by atoms with Crippen molar-refractivity contribution in [2.75, 3.05) is 26.1 Å². The summed E-state index contributed by atoms with van der Waals surface area (Å²) in [5, 5.41) is 13.5. The van der Waals surface area contributed by atoms with Crippen LogP contribution in [0.5, 0.6) is 11.5 Å². The number of hydrogen-bond acceptors (Lipinski definition) is 9. The Morgan fingerprint density at radius 2 is 1.43 bits per heavy atom.